The number of rotatable bonds is 4. The van der Waals surface area contributed by atoms with Crippen molar-refractivity contribution in [1.82, 2.24) is 10.2 Å². The van der Waals surface area contributed by atoms with Crippen LogP contribution in [0.4, 0.5) is 0 Å². The van der Waals surface area contributed by atoms with Gasteiger partial charge in [-0.2, -0.15) is 0 Å². The van der Waals surface area contributed by atoms with E-state index < -0.39 is 0 Å². The highest BCUT2D eigenvalue weighted by Crippen LogP contribution is 2.37. The van der Waals surface area contributed by atoms with Gasteiger partial charge in [0, 0.05) is 37.8 Å². The van der Waals surface area contributed by atoms with E-state index in [1.54, 1.807) is 0 Å². The van der Waals surface area contributed by atoms with E-state index in [1.165, 1.54) is 64.6 Å². The van der Waals surface area contributed by atoms with Crippen molar-refractivity contribution < 1.29 is 4.74 Å². The van der Waals surface area contributed by atoms with E-state index in [9.17, 15) is 0 Å². The molecule has 3 aliphatic rings. The summed E-state index contributed by atoms with van der Waals surface area (Å²) in [5.74, 6) is 1.57. The highest BCUT2D eigenvalue weighted by atomic mass is 16.5. The topological polar surface area (TPSA) is 24.5 Å². The van der Waals surface area contributed by atoms with Crippen LogP contribution in [0.25, 0.3) is 0 Å². The lowest BCUT2D eigenvalue weighted by molar-refractivity contribution is -0.00519. The monoisotopic (exact) mass is 294 g/mol. The van der Waals surface area contributed by atoms with Crippen LogP contribution in [0.3, 0.4) is 0 Å². The number of ether oxygens (including phenoxy) is 1. The fourth-order valence-electron chi connectivity index (χ4n) is 4.71. The average molecular weight is 294 g/mol. The lowest BCUT2D eigenvalue weighted by Gasteiger charge is -2.53. The summed E-state index contributed by atoms with van der Waals surface area (Å²) < 4.78 is 5.62. The molecule has 1 aliphatic carbocycles. The lowest BCUT2D eigenvalue weighted by Crippen LogP contribution is -2.66. The minimum Gasteiger partial charge on any atom is -0.381 e. The van der Waals surface area contributed by atoms with Gasteiger partial charge in [0.1, 0.15) is 0 Å². The second-order valence-corrected chi connectivity index (χ2v) is 8.13. The van der Waals surface area contributed by atoms with Gasteiger partial charge in [0.2, 0.25) is 0 Å². The van der Waals surface area contributed by atoms with Crippen molar-refractivity contribution in [2.45, 2.75) is 70.4 Å². The molecular formula is C18H34N2O. The molecule has 0 amide bonds. The third kappa shape index (κ3) is 3.80. The van der Waals surface area contributed by atoms with Crippen molar-refractivity contribution in [2.75, 3.05) is 32.8 Å². The van der Waals surface area contributed by atoms with Crippen LogP contribution in [0, 0.1) is 11.8 Å². The number of hydrogen-bond donors (Lipinski definition) is 1. The van der Waals surface area contributed by atoms with E-state index in [2.05, 4.69) is 24.1 Å². The van der Waals surface area contributed by atoms with Crippen LogP contribution >= 0.6 is 0 Å². The SMILES string of the molecule is CC(C)CC1CN(CC2CCOC2)C2(CCCCC2)CN1. The fraction of sp³-hybridized carbons (Fsp3) is 1.00. The Morgan fingerprint density at radius 2 is 2.05 bits per heavy atom. The van der Waals surface area contributed by atoms with Gasteiger partial charge < -0.3 is 10.1 Å². The summed E-state index contributed by atoms with van der Waals surface area (Å²) in [6, 6.07) is 0.694. The van der Waals surface area contributed by atoms with Crippen LogP contribution in [0.5, 0.6) is 0 Å². The molecule has 3 rings (SSSR count). The number of hydrogen-bond acceptors (Lipinski definition) is 3. The lowest BCUT2D eigenvalue weighted by atomic mass is 9.77. The molecule has 2 heterocycles. The summed E-state index contributed by atoms with van der Waals surface area (Å²) in [4.78, 5) is 2.88. The molecule has 0 aromatic carbocycles. The molecule has 2 unspecified atom stereocenters. The van der Waals surface area contributed by atoms with Gasteiger partial charge in [0.05, 0.1) is 6.61 Å². The van der Waals surface area contributed by atoms with E-state index in [0.29, 0.717) is 11.6 Å². The molecule has 3 fully saturated rings. The zero-order valence-corrected chi connectivity index (χ0v) is 14.1. The quantitative estimate of drug-likeness (QED) is 0.862. The maximum absolute atomic E-state index is 5.62. The normalized spacial score (nSPS) is 33.9. The second kappa shape index (κ2) is 6.97. The standard InChI is InChI=1S/C18H34N2O/c1-15(2)10-17-12-20(11-16-6-9-21-13-16)18(14-19-17)7-4-3-5-8-18/h15-17,19H,3-14H2,1-2H3. The van der Waals surface area contributed by atoms with Crippen molar-refractivity contribution in [2.24, 2.45) is 11.8 Å². The van der Waals surface area contributed by atoms with Crippen LogP contribution in [0.1, 0.15) is 58.8 Å². The zero-order chi connectivity index (χ0) is 14.7. The van der Waals surface area contributed by atoms with Gasteiger partial charge in [-0.15, -0.1) is 0 Å². The molecule has 1 N–H and O–H groups in total. The van der Waals surface area contributed by atoms with E-state index >= 15 is 0 Å². The van der Waals surface area contributed by atoms with E-state index in [-0.39, 0.29) is 0 Å². The third-order valence-corrected chi connectivity index (χ3v) is 5.87. The van der Waals surface area contributed by atoms with Crippen molar-refractivity contribution >= 4 is 0 Å². The Bertz CT molecular complexity index is 319. The first-order valence-electron chi connectivity index (χ1n) is 9.24. The summed E-state index contributed by atoms with van der Waals surface area (Å²) in [6.45, 7) is 10.4. The first-order chi connectivity index (χ1) is 10.2. The van der Waals surface area contributed by atoms with Crippen LogP contribution in [-0.4, -0.2) is 49.3 Å². The molecule has 21 heavy (non-hydrogen) atoms. The van der Waals surface area contributed by atoms with Crippen LogP contribution in [0.15, 0.2) is 0 Å². The van der Waals surface area contributed by atoms with Crippen molar-refractivity contribution in [3.63, 3.8) is 0 Å². The maximum Gasteiger partial charge on any atom is 0.0507 e. The van der Waals surface area contributed by atoms with Crippen LogP contribution in [-0.2, 0) is 4.74 Å². The summed E-state index contributed by atoms with van der Waals surface area (Å²) in [6.07, 6.45) is 9.69. The third-order valence-electron chi connectivity index (χ3n) is 5.87. The molecule has 0 radical (unpaired) electrons. The predicted molar refractivity (Wildman–Crippen MR) is 87.6 cm³/mol. The van der Waals surface area contributed by atoms with E-state index in [4.69, 9.17) is 4.74 Å². The molecule has 1 spiro atoms. The predicted octanol–water partition coefficient (Wildman–Crippen LogP) is 3.05. The van der Waals surface area contributed by atoms with Crippen LogP contribution in [0.2, 0.25) is 0 Å². The Morgan fingerprint density at radius 1 is 1.24 bits per heavy atom. The van der Waals surface area contributed by atoms with Gasteiger partial charge in [-0.1, -0.05) is 33.1 Å². The number of piperazine rings is 1. The van der Waals surface area contributed by atoms with Gasteiger partial charge in [0.25, 0.3) is 0 Å². The molecule has 0 aromatic rings. The first kappa shape index (κ1) is 15.8. The molecule has 2 atom stereocenters. The Kier molecular flexibility index (Phi) is 5.23. The highest BCUT2D eigenvalue weighted by Gasteiger charge is 2.42. The maximum atomic E-state index is 5.62. The van der Waals surface area contributed by atoms with E-state index in [1.807, 2.05) is 0 Å². The molecular weight excluding hydrogens is 260 g/mol. The van der Waals surface area contributed by atoms with Crippen molar-refractivity contribution in [1.29, 1.82) is 0 Å². The summed E-state index contributed by atoms with van der Waals surface area (Å²) >= 11 is 0. The largest absolute Gasteiger partial charge is 0.381 e. The van der Waals surface area contributed by atoms with Gasteiger partial charge in [-0.25, -0.2) is 0 Å². The van der Waals surface area contributed by atoms with Crippen molar-refractivity contribution in [3.05, 3.63) is 0 Å². The van der Waals surface area contributed by atoms with Gasteiger partial charge >= 0.3 is 0 Å². The summed E-state index contributed by atoms with van der Waals surface area (Å²) in [7, 11) is 0. The van der Waals surface area contributed by atoms with Crippen molar-refractivity contribution in [3.8, 4) is 0 Å². The Labute approximate surface area is 130 Å². The molecule has 0 aromatic heterocycles. The fourth-order valence-corrected chi connectivity index (χ4v) is 4.71. The van der Waals surface area contributed by atoms with Gasteiger partial charge in [-0.05, 0) is 37.5 Å². The Morgan fingerprint density at radius 3 is 2.71 bits per heavy atom. The van der Waals surface area contributed by atoms with Crippen LogP contribution < -0.4 is 5.32 Å². The molecule has 3 nitrogen and oxygen atoms in total. The highest BCUT2D eigenvalue weighted by molar-refractivity contribution is 5.01. The van der Waals surface area contributed by atoms with Gasteiger partial charge in [-0.3, -0.25) is 4.90 Å². The second-order valence-electron chi connectivity index (χ2n) is 8.13. The smallest absolute Gasteiger partial charge is 0.0507 e. The number of nitrogens with zero attached hydrogens (tertiary/aromatic N) is 1. The summed E-state index contributed by atoms with van der Waals surface area (Å²) in [5.41, 5.74) is 0.467. The van der Waals surface area contributed by atoms with E-state index in [0.717, 1.165) is 25.0 Å². The molecule has 2 saturated heterocycles. The number of nitrogens with one attached hydrogen (secondary N) is 1. The minimum atomic E-state index is 0.467. The summed E-state index contributed by atoms with van der Waals surface area (Å²) in [5, 5.41) is 3.89. The minimum absolute atomic E-state index is 0.467. The molecule has 2 aliphatic heterocycles. The first-order valence-corrected chi connectivity index (χ1v) is 9.24. The Hall–Kier alpha value is -0.120. The molecule has 1 saturated carbocycles. The average Bonchev–Trinajstić information content (AvgIpc) is 2.96. The van der Waals surface area contributed by atoms with Gasteiger partial charge in [0.15, 0.2) is 0 Å². The Balaban J connectivity index is 1.66. The molecule has 0 bridgehead atoms. The molecule has 122 valence electrons. The molecule has 3 heteroatoms. The zero-order valence-electron chi connectivity index (χ0n) is 14.1.